The summed E-state index contributed by atoms with van der Waals surface area (Å²) in [5.41, 5.74) is 0.568. The van der Waals surface area contributed by atoms with Crippen molar-refractivity contribution in [3.8, 4) is 23.9 Å². The monoisotopic (exact) mass is 570 g/mol. The van der Waals surface area contributed by atoms with Crippen LogP contribution in [-0.4, -0.2) is 63.9 Å². The lowest BCUT2D eigenvalue weighted by Crippen LogP contribution is -2.50. The molecule has 0 radical (unpaired) electrons. The number of nitrogens with zero attached hydrogens (tertiary/aromatic N) is 5. The van der Waals surface area contributed by atoms with Crippen LogP contribution in [-0.2, 0) is 4.74 Å². The Hall–Kier alpha value is -3.60. The summed E-state index contributed by atoms with van der Waals surface area (Å²) in [4.78, 5) is 22.2. The van der Waals surface area contributed by atoms with Crippen LogP contribution in [0.15, 0.2) is 36.7 Å². The minimum atomic E-state index is -0.521. The van der Waals surface area contributed by atoms with Gasteiger partial charge in [0.25, 0.3) is 0 Å². The van der Waals surface area contributed by atoms with Gasteiger partial charge in [-0.05, 0) is 72.4 Å². The van der Waals surface area contributed by atoms with Gasteiger partial charge in [-0.15, -0.1) is 12.4 Å². The topological polar surface area (TPSA) is 133 Å². The van der Waals surface area contributed by atoms with E-state index in [-0.39, 0.29) is 36.8 Å². The van der Waals surface area contributed by atoms with E-state index in [0.29, 0.717) is 35.5 Å². The fourth-order valence-corrected chi connectivity index (χ4v) is 4.25. The van der Waals surface area contributed by atoms with Crippen LogP contribution in [0.25, 0.3) is 0 Å². The van der Waals surface area contributed by atoms with Crippen LogP contribution in [0.2, 0.25) is 0 Å². The summed E-state index contributed by atoms with van der Waals surface area (Å²) in [7, 11) is 0. The van der Waals surface area contributed by atoms with Gasteiger partial charge in [0.15, 0.2) is 0 Å². The largest absolute Gasteiger partial charge is 0.473 e. The molecular formula is C29H39ClN6O4. The number of aromatic nitrogens is 2. The second-order valence-corrected chi connectivity index (χ2v) is 10.9. The Morgan fingerprint density at radius 2 is 1.50 bits per heavy atom. The maximum Gasteiger partial charge on any atom is 0.410 e. The molecule has 0 aliphatic carbocycles. The molecular weight excluding hydrogens is 532 g/mol. The zero-order valence-electron chi connectivity index (χ0n) is 23.8. The molecule has 1 amide bonds. The van der Waals surface area contributed by atoms with E-state index in [1.165, 1.54) is 0 Å². The van der Waals surface area contributed by atoms with E-state index in [9.17, 15) is 4.79 Å². The molecule has 2 fully saturated rings. The SMILES string of the molecule is C[C@@H]1CC[C@@H](Oc2cc(C#N)ccn2)CN1.C[C@@H]1CC[C@@H](Oc2cc(C#N)ccn2)CN1C(=O)OC(C)(C)C.Cl. The number of carbonyl (C=O) groups is 1. The molecule has 4 heterocycles. The summed E-state index contributed by atoms with van der Waals surface area (Å²) in [6.07, 6.45) is 6.66. The van der Waals surface area contributed by atoms with Crippen molar-refractivity contribution in [1.82, 2.24) is 20.2 Å². The third-order valence-electron chi connectivity index (χ3n) is 6.39. The zero-order chi connectivity index (χ0) is 28.4. The van der Waals surface area contributed by atoms with E-state index in [4.69, 9.17) is 24.7 Å². The number of hydrogen-bond donors (Lipinski definition) is 1. The Bertz CT molecular complexity index is 1180. The number of rotatable bonds is 4. The first-order valence-electron chi connectivity index (χ1n) is 13.3. The summed E-state index contributed by atoms with van der Waals surface area (Å²) in [5, 5.41) is 21.0. The predicted molar refractivity (Wildman–Crippen MR) is 152 cm³/mol. The standard InChI is InChI=1S/C17H23N3O3.C12H15N3O.ClH/c1-12-5-6-14(11-20(12)16(21)23-17(2,3)4)22-15-9-13(10-18)7-8-19-15;1-9-2-3-11(8-15-9)16-12-6-10(7-13)4-5-14-12;/h7-9,12,14H,5-6,11H2,1-4H3;4-6,9,11,15H,2-3,8H2,1H3;1H/t12-,14-;9-,11-;/m11./s1. The summed E-state index contributed by atoms with van der Waals surface area (Å²) in [6, 6.07) is 11.4. The highest BCUT2D eigenvalue weighted by Crippen LogP contribution is 2.23. The van der Waals surface area contributed by atoms with Gasteiger partial charge in [-0.3, -0.25) is 0 Å². The minimum absolute atomic E-state index is 0. The lowest BCUT2D eigenvalue weighted by atomic mass is 10.0. The Kier molecular flexibility index (Phi) is 12.4. The van der Waals surface area contributed by atoms with Crippen molar-refractivity contribution >= 4 is 18.5 Å². The molecule has 11 heteroatoms. The normalized spacial score (nSPS) is 22.2. The maximum atomic E-state index is 12.3. The van der Waals surface area contributed by atoms with Gasteiger partial charge in [-0.25, -0.2) is 14.8 Å². The van der Waals surface area contributed by atoms with Gasteiger partial charge in [0, 0.05) is 43.2 Å². The first kappa shape index (κ1) is 32.6. The number of hydrogen-bond acceptors (Lipinski definition) is 9. The molecule has 0 unspecified atom stereocenters. The van der Waals surface area contributed by atoms with Gasteiger partial charge in [-0.2, -0.15) is 10.5 Å². The lowest BCUT2D eigenvalue weighted by Gasteiger charge is -2.38. The van der Waals surface area contributed by atoms with E-state index in [1.54, 1.807) is 41.6 Å². The van der Waals surface area contributed by atoms with Crippen LogP contribution in [0.5, 0.6) is 11.8 Å². The van der Waals surface area contributed by atoms with Crippen LogP contribution >= 0.6 is 12.4 Å². The molecule has 4 rings (SSSR count). The van der Waals surface area contributed by atoms with Gasteiger partial charge >= 0.3 is 6.09 Å². The average molecular weight is 571 g/mol. The number of ether oxygens (including phenoxy) is 3. The molecule has 0 bridgehead atoms. The van der Waals surface area contributed by atoms with E-state index < -0.39 is 5.60 Å². The number of amides is 1. The number of nitriles is 2. The number of piperidine rings is 2. The highest BCUT2D eigenvalue weighted by Gasteiger charge is 2.33. The van der Waals surface area contributed by atoms with E-state index in [1.807, 2.05) is 27.7 Å². The van der Waals surface area contributed by atoms with Gasteiger partial charge < -0.3 is 24.4 Å². The van der Waals surface area contributed by atoms with Crippen molar-refractivity contribution in [2.24, 2.45) is 0 Å². The summed E-state index contributed by atoms with van der Waals surface area (Å²) in [6.45, 7) is 11.0. The van der Waals surface area contributed by atoms with Crippen molar-refractivity contribution in [2.75, 3.05) is 13.1 Å². The number of halogens is 1. The second kappa shape index (κ2) is 15.3. The average Bonchev–Trinajstić information content (AvgIpc) is 2.90. The summed E-state index contributed by atoms with van der Waals surface area (Å²) >= 11 is 0. The van der Waals surface area contributed by atoms with Crippen LogP contribution in [0.3, 0.4) is 0 Å². The molecule has 2 saturated heterocycles. The molecule has 0 spiro atoms. The quantitative estimate of drug-likeness (QED) is 0.538. The fraction of sp³-hybridized carbons (Fsp3) is 0.552. The van der Waals surface area contributed by atoms with Crippen LogP contribution in [0.1, 0.15) is 71.4 Å². The predicted octanol–water partition coefficient (Wildman–Crippen LogP) is 5.01. The Morgan fingerprint density at radius 1 is 0.950 bits per heavy atom. The zero-order valence-corrected chi connectivity index (χ0v) is 24.6. The molecule has 10 nitrogen and oxygen atoms in total. The molecule has 0 saturated carbocycles. The van der Waals surface area contributed by atoms with Crippen molar-refractivity contribution in [2.45, 2.75) is 90.2 Å². The molecule has 2 aliphatic rings. The number of likely N-dealkylation sites (tertiary alicyclic amines) is 1. The smallest absolute Gasteiger partial charge is 0.410 e. The number of nitrogens with one attached hydrogen (secondary N) is 1. The van der Waals surface area contributed by atoms with Crippen molar-refractivity contribution < 1.29 is 19.0 Å². The fourth-order valence-electron chi connectivity index (χ4n) is 4.25. The van der Waals surface area contributed by atoms with E-state index in [0.717, 1.165) is 32.2 Å². The van der Waals surface area contributed by atoms with Crippen LogP contribution < -0.4 is 14.8 Å². The van der Waals surface area contributed by atoms with Crippen molar-refractivity contribution in [3.63, 3.8) is 0 Å². The Labute approximate surface area is 243 Å². The molecule has 2 aromatic heterocycles. The Morgan fingerprint density at radius 3 is 2.00 bits per heavy atom. The van der Waals surface area contributed by atoms with Gasteiger partial charge in [0.1, 0.15) is 17.8 Å². The maximum absolute atomic E-state index is 12.3. The van der Waals surface area contributed by atoms with Crippen molar-refractivity contribution in [1.29, 1.82) is 10.5 Å². The highest BCUT2D eigenvalue weighted by atomic mass is 35.5. The van der Waals surface area contributed by atoms with Gasteiger partial charge in [0.05, 0.1) is 29.8 Å². The number of carbonyl (C=O) groups excluding carboxylic acids is 1. The minimum Gasteiger partial charge on any atom is -0.473 e. The van der Waals surface area contributed by atoms with E-state index in [2.05, 4.69) is 34.3 Å². The Balaban J connectivity index is 0.000000290. The molecule has 0 aromatic carbocycles. The van der Waals surface area contributed by atoms with E-state index >= 15 is 0 Å². The summed E-state index contributed by atoms with van der Waals surface area (Å²) < 4.78 is 17.0. The third kappa shape index (κ3) is 10.5. The van der Waals surface area contributed by atoms with Crippen LogP contribution in [0, 0.1) is 22.7 Å². The second-order valence-electron chi connectivity index (χ2n) is 10.9. The van der Waals surface area contributed by atoms with Crippen LogP contribution in [0.4, 0.5) is 4.79 Å². The first-order valence-corrected chi connectivity index (χ1v) is 13.3. The summed E-state index contributed by atoms with van der Waals surface area (Å²) in [5.74, 6) is 0.952. The molecule has 4 atom stereocenters. The molecule has 1 N–H and O–H groups in total. The third-order valence-corrected chi connectivity index (χ3v) is 6.39. The molecule has 2 aromatic rings. The molecule has 40 heavy (non-hydrogen) atoms. The van der Waals surface area contributed by atoms with Gasteiger partial charge in [-0.1, -0.05) is 0 Å². The van der Waals surface area contributed by atoms with Crippen molar-refractivity contribution in [3.05, 3.63) is 47.8 Å². The number of pyridine rings is 2. The first-order chi connectivity index (χ1) is 18.6. The van der Waals surface area contributed by atoms with Gasteiger partial charge in [0.2, 0.25) is 11.8 Å². The lowest BCUT2D eigenvalue weighted by molar-refractivity contribution is -0.00598. The highest BCUT2D eigenvalue weighted by molar-refractivity contribution is 5.85. The molecule has 216 valence electrons. The molecule has 2 aliphatic heterocycles.